The number of alkyl carbamates (subject to hydrolysis) is 1. The molecule has 1 atom stereocenters. The Bertz CT molecular complexity index is 725. The standard InChI is InChI=1S/C18H23N3O3/c1-2-24-18(23)20-14-6-5-9-21(12-14)17(22)10-13-11-19-16-8-4-3-7-15(13)16/h3-4,7-8,11,14,19H,2,5-6,9-10,12H2,1H3,(H,20,23). The molecule has 2 aromatic rings. The van der Waals surface area contributed by atoms with Gasteiger partial charge in [-0.25, -0.2) is 4.79 Å². The van der Waals surface area contributed by atoms with Crippen LogP contribution in [0.25, 0.3) is 10.9 Å². The Kier molecular flexibility index (Phi) is 5.03. The third-order valence-electron chi connectivity index (χ3n) is 4.39. The summed E-state index contributed by atoms with van der Waals surface area (Å²) in [6.45, 7) is 3.40. The highest BCUT2D eigenvalue weighted by Gasteiger charge is 2.25. The summed E-state index contributed by atoms with van der Waals surface area (Å²) in [7, 11) is 0. The second-order valence-electron chi connectivity index (χ2n) is 6.08. The highest BCUT2D eigenvalue weighted by molar-refractivity contribution is 5.89. The summed E-state index contributed by atoms with van der Waals surface area (Å²) in [5.74, 6) is 0.0927. The van der Waals surface area contributed by atoms with Crippen molar-refractivity contribution in [3.63, 3.8) is 0 Å². The van der Waals surface area contributed by atoms with E-state index in [0.717, 1.165) is 35.9 Å². The monoisotopic (exact) mass is 329 g/mol. The molecule has 0 aliphatic carbocycles. The van der Waals surface area contributed by atoms with Crippen LogP contribution in [0.2, 0.25) is 0 Å². The number of piperidine rings is 1. The average Bonchev–Trinajstić information content (AvgIpc) is 2.98. The number of nitrogens with one attached hydrogen (secondary N) is 2. The second-order valence-corrected chi connectivity index (χ2v) is 6.08. The molecule has 128 valence electrons. The molecule has 1 aromatic carbocycles. The molecule has 1 aromatic heterocycles. The molecule has 6 heteroatoms. The number of hydrogen-bond acceptors (Lipinski definition) is 3. The van der Waals surface area contributed by atoms with E-state index in [0.29, 0.717) is 19.6 Å². The third kappa shape index (κ3) is 3.69. The van der Waals surface area contributed by atoms with Crippen LogP contribution >= 0.6 is 0 Å². The molecular weight excluding hydrogens is 306 g/mol. The molecule has 0 bridgehead atoms. The van der Waals surface area contributed by atoms with Crippen LogP contribution in [0.1, 0.15) is 25.3 Å². The van der Waals surface area contributed by atoms with Gasteiger partial charge in [-0.3, -0.25) is 4.79 Å². The molecule has 0 saturated carbocycles. The lowest BCUT2D eigenvalue weighted by Crippen LogP contribution is -2.50. The van der Waals surface area contributed by atoms with E-state index in [1.165, 1.54) is 0 Å². The number of ether oxygens (including phenoxy) is 1. The zero-order chi connectivity index (χ0) is 16.9. The van der Waals surface area contributed by atoms with Crippen molar-refractivity contribution in [3.8, 4) is 0 Å². The lowest BCUT2D eigenvalue weighted by Gasteiger charge is -2.33. The van der Waals surface area contributed by atoms with E-state index in [1.807, 2.05) is 35.4 Å². The second kappa shape index (κ2) is 7.38. The molecule has 6 nitrogen and oxygen atoms in total. The van der Waals surface area contributed by atoms with E-state index in [1.54, 1.807) is 6.92 Å². The van der Waals surface area contributed by atoms with Gasteiger partial charge >= 0.3 is 6.09 Å². The maximum absolute atomic E-state index is 12.6. The van der Waals surface area contributed by atoms with Crippen LogP contribution in [0, 0.1) is 0 Å². The minimum atomic E-state index is -0.409. The fraction of sp³-hybridized carbons (Fsp3) is 0.444. The van der Waals surface area contributed by atoms with Gasteiger partial charge in [0.2, 0.25) is 5.91 Å². The number of rotatable bonds is 4. The van der Waals surface area contributed by atoms with Gasteiger partial charge in [0.1, 0.15) is 0 Å². The van der Waals surface area contributed by atoms with Crippen LogP contribution in [0.4, 0.5) is 4.79 Å². The highest BCUT2D eigenvalue weighted by atomic mass is 16.5. The number of benzene rings is 1. The van der Waals surface area contributed by atoms with Gasteiger partial charge in [0.25, 0.3) is 0 Å². The molecule has 1 fully saturated rings. The maximum Gasteiger partial charge on any atom is 0.407 e. The molecule has 24 heavy (non-hydrogen) atoms. The number of amides is 2. The zero-order valence-corrected chi connectivity index (χ0v) is 13.9. The van der Waals surface area contributed by atoms with Crippen molar-refractivity contribution in [3.05, 3.63) is 36.0 Å². The molecule has 1 aliphatic rings. The summed E-state index contributed by atoms with van der Waals surface area (Å²) in [6, 6.07) is 7.94. The first kappa shape index (κ1) is 16.4. The SMILES string of the molecule is CCOC(=O)NC1CCCN(C(=O)Cc2c[nH]c3ccccc23)C1. The number of hydrogen-bond donors (Lipinski definition) is 2. The average molecular weight is 329 g/mol. The van der Waals surface area contributed by atoms with Crippen LogP contribution in [-0.2, 0) is 16.0 Å². The molecule has 2 N–H and O–H groups in total. The number of nitrogens with zero attached hydrogens (tertiary/aromatic N) is 1. The molecule has 2 amide bonds. The maximum atomic E-state index is 12.6. The van der Waals surface area contributed by atoms with E-state index >= 15 is 0 Å². The van der Waals surface area contributed by atoms with Gasteiger partial charge in [0.15, 0.2) is 0 Å². The lowest BCUT2D eigenvalue weighted by molar-refractivity contribution is -0.131. The summed E-state index contributed by atoms with van der Waals surface area (Å²) >= 11 is 0. The van der Waals surface area contributed by atoms with Gasteiger partial charge < -0.3 is 19.9 Å². The summed E-state index contributed by atoms with van der Waals surface area (Å²) in [4.78, 5) is 29.2. The van der Waals surface area contributed by atoms with Crippen LogP contribution in [-0.4, -0.2) is 47.6 Å². The number of likely N-dealkylation sites (tertiary alicyclic amines) is 1. The number of carbonyl (C=O) groups excluding carboxylic acids is 2. The van der Waals surface area contributed by atoms with Gasteiger partial charge in [-0.15, -0.1) is 0 Å². The summed E-state index contributed by atoms with van der Waals surface area (Å²) in [6.07, 6.45) is 3.62. The quantitative estimate of drug-likeness (QED) is 0.905. The topological polar surface area (TPSA) is 74.4 Å². The van der Waals surface area contributed by atoms with Crippen molar-refractivity contribution in [2.75, 3.05) is 19.7 Å². The van der Waals surface area contributed by atoms with E-state index in [4.69, 9.17) is 4.74 Å². The minimum Gasteiger partial charge on any atom is -0.450 e. The van der Waals surface area contributed by atoms with Gasteiger partial charge in [0, 0.05) is 36.2 Å². The number of fused-ring (bicyclic) bond motifs is 1. The number of para-hydroxylation sites is 1. The van der Waals surface area contributed by atoms with Crippen molar-refractivity contribution in [2.24, 2.45) is 0 Å². The molecule has 0 spiro atoms. The van der Waals surface area contributed by atoms with Crippen molar-refractivity contribution in [1.82, 2.24) is 15.2 Å². The van der Waals surface area contributed by atoms with Crippen molar-refractivity contribution in [2.45, 2.75) is 32.2 Å². The Hall–Kier alpha value is -2.50. The first-order valence-corrected chi connectivity index (χ1v) is 8.43. The predicted molar refractivity (Wildman–Crippen MR) is 91.8 cm³/mol. The third-order valence-corrected chi connectivity index (χ3v) is 4.39. The zero-order valence-electron chi connectivity index (χ0n) is 13.9. The Morgan fingerprint density at radius 1 is 1.38 bits per heavy atom. The fourth-order valence-electron chi connectivity index (χ4n) is 3.21. The van der Waals surface area contributed by atoms with Crippen molar-refractivity contribution < 1.29 is 14.3 Å². The van der Waals surface area contributed by atoms with Crippen molar-refractivity contribution >= 4 is 22.9 Å². The summed E-state index contributed by atoms with van der Waals surface area (Å²) in [5, 5.41) is 3.92. The molecule has 2 heterocycles. The summed E-state index contributed by atoms with van der Waals surface area (Å²) in [5.41, 5.74) is 2.05. The molecule has 3 rings (SSSR count). The Balaban J connectivity index is 1.61. The highest BCUT2D eigenvalue weighted by Crippen LogP contribution is 2.20. The van der Waals surface area contributed by atoms with Crippen LogP contribution in [0.5, 0.6) is 0 Å². The number of aromatic nitrogens is 1. The molecular formula is C18H23N3O3. The number of aromatic amines is 1. The largest absolute Gasteiger partial charge is 0.450 e. The minimum absolute atomic E-state index is 0.0373. The number of carbonyl (C=O) groups is 2. The molecule has 1 unspecified atom stereocenters. The normalized spacial score (nSPS) is 17.7. The van der Waals surface area contributed by atoms with Gasteiger partial charge in [-0.05, 0) is 31.4 Å². The van der Waals surface area contributed by atoms with E-state index < -0.39 is 6.09 Å². The smallest absolute Gasteiger partial charge is 0.407 e. The van der Waals surface area contributed by atoms with E-state index in [2.05, 4.69) is 10.3 Å². The first-order chi connectivity index (χ1) is 11.7. The lowest BCUT2D eigenvalue weighted by atomic mass is 10.0. The number of H-pyrrole nitrogens is 1. The van der Waals surface area contributed by atoms with Crippen LogP contribution in [0.15, 0.2) is 30.5 Å². The van der Waals surface area contributed by atoms with E-state index in [-0.39, 0.29) is 11.9 Å². The Morgan fingerprint density at radius 2 is 2.21 bits per heavy atom. The van der Waals surface area contributed by atoms with Gasteiger partial charge in [-0.2, -0.15) is 0 Å². The van der Waals surface area contributed by atoms with Gasteiger partial charge in [-0.1, -0.05) is 18.2 Å². The van der Waals surface area contributed by atoms with Crippen LogP contribution in [0.3, 0.4) is 0 Å². The van der Waals surface area contributed by atoms with Crippen molar-refractivity contribution in [1.29, 1.82) is 0 Å². The molecule has 1 aliphatic heterocycles. The predicted octanol–water partition coefficient (Wildman–Crippen LogP) is 2.45. The molecule has 0 radical (unpaired) electrons. The Labute approximate surface area is 141 Å². The van der Waals surface area contributed by atoms with E-state index in [9.17, 15) is 9.59 Å². The van der Waals surface area contributed by atoms with Crippen LogP contribution < -0.4 is 5.32 Å². The molecule has 1 saturated heterocycles. The fourth-order valence-corrected chi connectivity index (χ4v) is 3.21. The first-order valence-electron chi connectivity index (χ1n) is 8.43. The summed E-state index contributed by atoms with van der Waals surface area (Å²) < 4.78 is 4.92. The van der Waals surface area contributed by atoms with Gasteiger partial charge in [0.05, 0.1) is 13.0 Å². The Morgan fingerprint density at radius 3 is 3.04 bits per heavy atom.